The van der Waals surface area contributed by atoms with Gasteiger partial charge in [0.15, 0.2) is 0 Å². The maximum atomic E-state index is 13.4. The Hall–Kier alpha value is -3.43. The molecule has 0 radical (unpaired) electrons. The Kier molecular flexibility index (Phi) is 20.2. The lowest BCUT2D eigenvalue weighted by Gasteiger charge is -2.25. The van der Waals surface area contributed by atoms with E-state index < -0.39 is 41.8 Å². The summed E-state index contributed by atoms with van der Waals surface area (Å²) in [5.41, 5.74) is 6.29. The molecule has 1 rings (SSSR count). The highest BCUT2D eigenvalue weighted by Crippen LogP contribution is 2.13. The van der Waals surface area contributed by atoms with Crippen molar-refractivity contribution in [3.05, 3.63) is 35.9 Å². The predicted molar refractivity (Wildman–Crippen MR) is 173 cm³/mol. The number of amides is 4. The van der Waals surface area contributed by atoms with Crippen molar-refractivity contribution in [1.29, 1.82) is 0 Å². The van der Waals surface area contributed by atoms with Crippen molar-refractivity contribution >= 4 is 29.6 Å². The number of carbonyl (C=O) groups excluding carboxylic acids is 4. The van der Waals surface area contributed by atoms with E-state index in [1.165, 1.54) is 44.9 Å². The molecule has 0 heterocycles. The molecule has 0 aromatic heterocycles. The lowest BCUT2D eigenvalue weighted by Crippen LogP contribution is -2.57. The smallest absolute Gasteiger partial charge is 0.303 e. The highest BCUT2D eigenvalue weighted by molar-refractivity contribution is 5.94. The fourth-order valence-electron chi connectivity index (χ4n) is 5.07. The second-order valence-corrected chi connectivity index (χ2v) is 12.2. The van der Waals surface area contributed by atoms with Crippen LogP contribution in [0.15, 0.2) is 30.3 Å². The molecular formula is C34H56N4O6. The van der Waals surface area contributed by atoms with Gasteiger partial charge in [-0.1, -0.05) is 115 Å². The normalized spacial score (nSPS) is 13.1. The number of rotatable bonds is 25. The number of benzene rings is 1. The highest BCUT2D eigenvalue weighted by atomic mass is 16.4. The third-order valence-corrected chi connectivity index (χ3v) is 7.59. The zero-order valence-corrected chi connectivity index (χ0v) is 27.1. The topological polar surface area (TPSA) is 168 Å². The van der Waals surface area contributed by atoms with Gasteiger partial charge < -0.3 is 26.8 Å². The summed E-state index contributed by atoms with van der Waals surface area (Å²) in [5, 5.41) is 17.3. The Morgan fingerprint density at radius 3 is 1.75 bits per heavy atom. The molecule has 0 fully saturated rings. The first-order valence-electron chi connectivity index (χ1n) is 16.5. The van der Waals surface area contributed by atoms with Crippen LogP contribution in [0.4, 0.5) is 0 Å². The van der Waals surface area contributed by atoms with Gasteiger partial charge in [-0.25, -0.2) is 0 Å². The quantitative estimate of drug-likeness (QED) is 0.0991. The highest BCUT2D eigenvalue weighted by Gasteiger charge is 2.30. The Morgan fingerprint density at radius 1 is 0.705 bits per heavy atom. The summed E-state index contributed by atoms with van der Waals surface area (Å²) in [5.74, 6) is -3.26. The zero-order valence-electron chi connectivity index (χ0n) is 27.1. The Morgan fingerprint density at radius 2 is 1.23 bits per heavy atom. The Labute approximate surface area is 263 Å². The van der Waals surface area contributed by atoms with Crippen LogP contribution in [0.3, 0.4) is 0 Å². The number of carboxylic acid groups (broad SMARTS) is 1. The summed E-state index contributed by atoms with van der Waals surface area (Å²) in [7, 11) is 0. The first kappa shape index (κ1) is 38.6. The van der Waals surface area contributed by atoms with Crippen LogP contribution in [0.25, 0.3) is 0 Å². The molecule has 3 atom stereocenters. The van der Waals surface area contributed by atoms with E-state index in [2.05, 4.69) is 22.9 Å². The molecule has 44 heavy (non-hydrogen) atoms. The van der Waals surface area contributed by atoms with E-state index in [-0.39, 0.29) is 37.5 Å². The molecule has 1 aromatic carbocycles. The van der Waals surface area contributed by atoms with Crippen LogP contribution < -0.4 is 21.7 Å². The van der Waals surface area contributed by atoms with Gasteiger partial charge in [0, 0.05) is 19.3 Å². The monoisotopic (exact) mass is 616 g/mol. The van der Waals surface area contributed by atoms with E-state index in [4.69, 9.17) is 5.73 Å². The molecule has 0 aliphatic rings. The van der Waals surface area contributed by atoms with Crippen LogP contribution in [-0.4, -0.2) is 52.8 Å². The molecule has 10 heteroatoms. The van der Waals surface area contributed by atoms with Crippen LogP contribution in [0.5, 0.6) is 0 Å². The van der Waals surface area contributed by atoms with Crippen molar-refractivity contribution in [3.8, 4) is 0 Å². The number of nitrogens with one attached hydrogen (secondary N) is 3. The van der Waals surface area contributed by atoms with E-state index in [1.54, 1.807) is 0 Å². The largest absolute Gasteiger partial charge is 0.481 e. The van der Waals surface area contributed by atoms with Crippen molar-refractivity contribution in [2.24, 2.45) is 11.7 Å². The molecule has 4 amide bonds. The minimum Gasteiger partial charge on any atom is -0.481 e. The number of hydrogen-bond acceptors (Lipinski definition) is 5. The summed E-state index contributed by atoms with van der Waals surface area (Å²) in [6.07, 6.45) is 12.9. The Balaban J connectivity index is 2.76. The van der Waals surface area contributed by atoms with Gasteiger partial charge in [0.1, 0.15) is 18.1 Å². The summed E-state index contributed by atoms with van der Waals surface area (Å²) >= 11 is 0. The molecule has 6 N–H and O–H groups in total. The van der Waals surface area contributed by atoms with Crippen LogP contribution >= 0.6 is 0 Å². The number of aliphatic carboxylic acids is 1. The number of carbonyl (C=O) groups is 5. The van der Waals surface area contributed by atoms with Crippen LogP contribution in [0.2, 0.25) is 0 Å². The minimum absolute atomic E-state index is 0.0888. The number of primary amides is 1. The van der Waals surface area contributed by atoms with Crippen molar-refractivity contribution in [3.63, 3.8) is 0 Å². The fraction of sp³-hybridized carbons (Fsp3) is 0.676. The van der Waals surface area contributed by atoms with Crippen LogP contribution in [0.1, 0.15) is 123 Å². The van der Waals surface area contributed by atoms with E-state index in [0.717, 1.165) is 24.8 Å². The molecule has 248 valence electrons. The van der Waals surface area contributed by atoms with Gasteiger partial charge in [-0.05, 0) is 30.7 Å². The van der Waals surface area contributed by atoms with Crippen molar-refractivity contribution in [2.45, 2.75) is 142 Å². The number of nitrogens with two attached hydrogens (primary N) is 1. The van der Waals surface area contributed by atoms with E-state index >= 15 is 0 Å². The molecule has 1 aromatic rings. The van der Waals surface area contributed by atoms with E-state index in [1.807, 2.05) is 44.2 Å². The van der Waals surface area contributed by atoms with E-state index in [9.17, 15) is 29.1 Å². The third kappa shape index (κ3) is 18.3. The fourth-order valence-corrected chi connectivity index (χ4v) is 5.07. The SMILES string of the molecule is CCCCCCCCCCCCCC(=O)N[C@@H](CCC(=O)O)C(=O)N[C@@H](Cc1ccccc1)C(=O)N[C@H](CC(C)C)C(N)=O. The number of unbranched alkanes of at least 4 members (excludes halogenated alkanes) is 10. The van der Waals surface area contributed by atoms with Crippen LogP contribution in [-0.2, 0) is 30.4 Å². The number of carboxylic acids is 1. The number of hydrogen-bond donors (Lipinski definition) is 5. The average Bonchev–Trinajstić information content (AvgIpc) is 2.97. The van der Waals surface area contributed by atoms with Gasteiger partial charge in [-0.2, -0.15) is 0 Å². The molecule has 0 unspecified atom stereocenters. The first-order valence-corrected chi connectivity index (χ1v) is 16.5. The molecule has 0 aliphatic heterocycles. The van der Waals surface area contributed by atoms with Crippen molar-refractivity contribution in [2.75, 3.05) is 0 Å². The van der Waals surface area contributed by atoms with E-state index in [0.29, 0.717) is 12.8 Å². The second-order valence-electron chi connectivity index (χ2n) is 12.2. The summed E-state index contributed by atoms with van der Waals surface area (Å²) in [4.78, 5) is 62.7. The predicted octanol–water partition coefficient (Wildman–Crippen LogP) is 4.78. The average molecular weight is 617 g/mol. The standard InChI is InChI=1S/C34H56N4O6/c1-4-5-6-7-8-9-10-11-12-13-17-20-30(39)36-27(21-22-31(40)41)33(43)38-29(24-26-18-15-14-16-19-26)34(44)37-28(32(35)42)23-25(2)3/h14-16,18-19,25,27-29H,4-13,17,20-24H2,1-3H3,(H2,35,42)(H,36,39)(H,37,44)(H,38,43)(H,40,41)/t27-,28+,29-/m0/s1. The molecule has 10 nitrogen and oxygen atoms in total. The first-order chi connectivity index (χ1) is 21.0. The molecule has 0 spiro atoms. The van der Waals surface area contributed by atoms with Crippen molar-refractivity contribution < 1.29 is 29.1 Å². The molecule has 0 saturated heterocycles. The summed E-state index contributed by atoms with van der Waals surface area (Å²) < 4.78 is 0. The zero-order chi connectivity index (χ0) is 32.7. The van der Waals surface area contributed by atoms with Gasteiger partial charge >= 0.3 is 5.97 Å². The van der Waals surface area contributed by atoms with Gasteiger partial charge in [-0.3, -0.25) is 24.0 Å². The minimum atomic E-state index is -1.13. The van der Waals surface area contributed by atoms with Gasteiger partial charge in [-0.15, -0.1) is 0 Å². The summed E-state index contributed by atoms with van der Waals surface area (Å²) in [6, 6.07) is 5.95. The second kappa shape index (κ2) is 23.0. The third-order valence-electron chi connectivity index (χ3n) is 7.59. The molecule has 0 saturated carbocycles. The van der Waals surface area contributed by atoms with Crippen molar-refractivity contribution in [1.82, 2.24) is 16.0 Å². The van der Waals surface area contributed by atoms with Gasteiger partial charge in [0.2, 0.25) is 23.6 Å². The Bertz CT molecular complexity index is 1000. The summed E-state index contributed by atoms with van der Waals surface area (Å²) in [6.45, 7) is 6.02. The lowest BCUT2D eigenvalue weighted by molar-refractivity contribution is -0.138. The lowest BCUT2D eigenvalue weighted by atomic mass is 10.0. The maximum Gasteiger partial charge on any atom is 0.303 e. The molecular weight excluding hydrogens is 560 g/mol. The van der Waals surface area contributed by atoms with Gasteiger partial charge in [0.25, 0.3) is 0 Å². The maximum absolute atomic E-state index is 13.4. The molecule has 0 aliphatic carbocycles. The molecule has 0 bridgehead atoms. The van der Waals surface area contributed by atoms with Crippen LogP contribution in [0, 0.1) is 5.92 Å². The van der Waals surface area contributed by atoms with Gasteiger partial charge in [0.05, 0.1) is 0 Å².